The van der Waals surface area contributed by atoms with Crippen LogP contribution >= 0.6 is 0 Å². The zero-order valence-corrected chi connectivity index (χ0v) is 12.9. The average molecular weight is 308 g/mol. The topological polar surface area (TPSA) is 12.4 Å². The van der Waals surface area contributed by atoms with Crippen molar-refractivity contribution in [3.05, 3.63) is 24.3 Å². The second-order valence-corrected chi connectivity index (χ2v) is 5.93. The van der Waals surface area contributed by atoms with E-state index in [0.29, 0.717) is 3.50 Å². The number of quaternary nitrogens is 1. The van der Waals surface area contributed by atoms with Crippen LogP contribution < -0.4 is 3.50 Å². The maximum atomic E-state index is 6.15. The Morgan fingerprint density at radius 1 is 1.05 bits per heavy atom. The van der Waals surface area contributed by atoms with E-state index in [0.717, 1.165) is 25.1 Å². The van der Waals surface area contributed by atoms with Crippen LogP contribution in [0.1, 0.15) is 52.4 Å². The van der Waals surface area contributed by atoms with E-state index < -0.39 is 0 Å². The molecule has 1 aliphatic rings. The first-order valence-corrected chi connectivity index (χ1v) is 7.86. The third kappa shape index (κ3) is 3.10. The van der Waals surface area contributed by atoms with Crippen molar-refractivity contribution >= 4 is 17.2 Å². The van der Waals surface area contributed by atoms with Gasteiger partial charge in [-0.25, -0.2) is 0 Å². The first-order chi connectivity index (χ1) is 9.22. The van der Waals surface area contributed by atoms with Gasteiger partial charge in [0.2, 0.25) is 0 Å². The number of para-hydroxylation sites is 2. The van der Waals surface area contributed by atoms with Crippen molar-refractivity contribution in [2.75, 3.05) is 6.54 Å². The molecule has 106 valence electrons. The molecular formula is C16H24CuN2+3. The number of rotatable bonds is 7. The molecular weight excluding hydrogens is 284 g/mol. The minimum atomic E-state index is 0.501. The number of nitrogens with zero attached hydrogens (tertiary/aromatic N) is 2. The maximum absolute atomic E-state index is 6.15. The quantitative estimate of drug-likeness (QED) is 0.503. The van der Waals surface area contributed by atoms with Gasteiger partial charge in [0.05, 0.1) is 0 Å². The summed E-state index contributed by atoms with van der Waals surface area (Å²) < 4.78 is 0.501. The first kappa shape index (κ1) is 14.8. The van der Waals surface area contributed by atoms with Gasteiger partial charge in [0.1, 0.15) is 0 Å². The molecule has 0 bridgehead atoms. The van der Waals surface area contributed by atoms with Crippen LogP contribution in [0.4, 0.5) is 11.4 Å². The van der Waals surface area contributed by atoms with E-state index in [-0.39, 0.29) is 0 Å². The molecule has 0 spiro atoms. The van der Waals surface area contributed by atoms with Crippen LogP contribution in [0.25, 0.3) is 0 Å². The number of fused-ring (bicyclic) bond motifs is 1. The summed E-state index contributed by atoms with van der Waals surface area (Å²) in [5.41, 5.74) is 2.27. The van der Waals surface area contributed by atoms with Crippen molar-refractivity contribution in [3.63, 3.8) is 0 Å². The molecule has 19 heavy (non-hydrogen) atoms. The molecule has 0 aromatic heterocycles. The van der Waals surface area contributed by atoms with Gasteiger partial charge >= 0.3 is 125 Å². The van der Waals surface area contributed by atoms with Gasteiger partial charge in [0, 0.05) is 0 Å². The molecule has 0 amide bonds. The minimum absolute atomic E-state index is 0.501. The summed E-state index contributed by atoms with van der Waals surface area (Å²) in [6.07, 6.45) is 7.06. The summed E-state index contributed by atoms with van der Waals surface area (Å²) in [5, 5.41) is 0. The molecule has 1 aromatic rings. The molecule has 2 nitrogen and oxygen atoms in total. The van der Waals surface area contributed by atoms with Crippen molar-refractivity contribution in [2.24, 2.45) is 4.99 Å². The fourth-order valence-electron chi connectivity index (χ4n) is 2.57. The number of benzene rings is 1. The summed E-state index contributed by atoms with van der Waals surface area (Å²) in [7, 11) is 0. The van der Waals surface area contributed by atoms with E-state index in [1.54, 1.807) is 0 Å². The summed E-state index contributed by atoms with van der Waals surface area (Å²) in [5.74, 6) is 1.17. The van der Waals surface area contributed by atoms with Crippen LogP contribution in [0.3, 0.4) is 0 Å². The van der Waals surface area contributed by atoms with Gasteiger partial charge in [-0.2, -0.15) is 0 Å². The summed E-state index contributed by atoms with van der Waals surface area (Å²) in [4.78, 5) is 4.81. The van der Waals surface area contributed by atoms with Crippen LogP contribution in [0.5, 0.6) is 0 Å². The SMILES string of the molecule is CCCCCC1=Nc2ccccc2[N+]1([Cu+2])CCCC. The Morgan fingerprint density at radius 3 is 2.53 bits per heavy atom. The fraction of sp³-hybridized carbons (Fsp3) is 0.562. The van der Waals surface area contributed by atoms with Gasteiger partial charge in [0.15, 0.2) is 0 Å². The molecule has 2 rings (SSSR count). The van der Waals surface area contributed by atoms with Crippen LogP contribution in [-0.4, -0.2) is 12.4 Å². The molecule has 0 radical (unpaired) electrons. The summed E-state index contributed by atoms with van der Waals surface area (Å²) >= 11 is 6.15. The van der Waals surface area contributed by atoms with Crippen LogP contribution in [0.2, 0.25) is 0 Å². The monoisotopic (exact) mass is 307 g/mol. The number of hydrogen-bond donors (Lipinski definition) is 0. The van der Waals surface area contributed by atoms with Crippen LogP contribution in [-0.2, 0) is 16.2 Å². The van der Waals surface area contributed by atoms with E-state index in [1.165, 1.54) is 37.2 Å². The summed E-state index contributed by atoms with van der Waals surface area (Å²) in [6, 6.07) is 8.35. The van der Waals surface area contributed by atoms with E-state index in [1.807, 2.05) is 0 Å². The number of aliphatic imine (C=N–C) groups is 1. The third-order valence-corrected chi connectivity index (χ3v) is 4.37. The van der Waals surface area contributed by atoms with E-state index in [4.69, 9.17) is 21.2 Å². The third-order valence-electron chi connectivity index (χ3n) is 3.69. The molecule has 0 N–H and O–H groups in total. The van der Waals surface area contributed by atoms with E-state index in [2.05, 4.69) is 38.1 Å². The molecule has 1 atom stereocenters. The Balaban J connectivity index is 2.21. The number of unbranched alkanes of at least 4 members (excludes halogenated alkanes) is 3. The van der Waals surface area contributed by atoms with E-state index >= 15 is 0 Å². The molecule has 0 fully saturated rings. The fourth-order valence-corrected chi connectivity index (χ4v) is 3.05. The van der Waals surface area contributed by atoms with Gasteiger partial charge in [-0.3, -0.25) is 0 Å². The van der Waals surface area contributed by atoms with Crippen molar-refractivity contribution in [1.29, 1.82) is 0 Å². The Labute approximate surface area is 125 Å². The first-order valence-electron chi connectivity index (χ1n) is 7.44. The van der Waals surface area contributed by atoms with Crippen molar-refractivity contribution in [2.45, 2.75) is 52.4 Å². The predicted octanol–water partition coefficient (Wildman–Crippen LogP) is 4.88. The second-order valence-electron chi connectivity index (χ2n) is 5.21. The molecule has 3 heteroatoms. The second kappa shape index (κ2) is 6.69. The van der Waals surface area contributed by atoms with E-state index in [9.17, 15) is 0 Å². The molecule has 0 saturated heterocycles. The van der Waals surface area contributed by atoms with Crippen molar-refractivity contribution in [1.82, 2.24) is 3.50 Å². The molecule has 1 unspecified atom stereocenters. The summed E-state index contributed by atoms with van der Waals surface area (Å²) in [6.45, 7) is 5.43. The average Bonchev–Trinajstić information content (AvgIpc) is 2.71. The Bertz CT molecular complexity index is 456. The van der Waals surface area contributed by atoms with Gasteiger partial charge in [-0.15, -0.1) is 0 Å². The zero-order valence-electron chi connectivity index (χ0n) is 12.0. The van der Waals surface area contributed by atoms with Crippen molar-refractivity contribution < 1.29 is 16.2 Å². The molecule has 1 heterocycles. The standard InChI is InChI=1S/C16H24N2.Cu/c1-3-5-7-12-16-17-14-10-8-9-11-15(14)18(16)13-6-4-2;/h8-11H,3-7,12-13H2,1-2H3;/q;+3. The number of hydrogen-bond acceptors (Lipinski definition) is 1. The zero-order chi connectivity index (χ0) is 13.7. The van der Waals surface area contributed by atoms with Gasteiger partial charge in [-0.05, 0) is 0 Å². The normalized spacial score (nSPS) is 21.4. The van der Waals surface area contributed by atoms with Crippen molar-refractivity contribution in [3.8, 4) is 0 Å². The molecule has 1 aromatic carbocycles. The predicted molar refractivity (Wildman–Crippen MR) is 79.2 cm³/mol. The van der Waals surface area contributed by atoms with Crippen LogP contribution in [0.15, 0.2) is 29.3 Å². The van der Waals surface area contributed by atoms with Crippen LogP contribution in [0, 0.1) is 0 Å². The molecule has 0 saturated carbocycles. The molecule has 1 aliphatic heterocycles. The molecule has 0 aliphatic carbocycles. The van der Waals surface area contributed by atoms with Gasteiger partial charge in [0.25, 0.3) is 0 Å². The van der Waals surface area contributed by atoms with Gasteiger partial charge in [-0.1, -0.05) is 0 Å². The Kier molecular flexibility index (Phi) is 5.20. The van der Waals surface area contributed by atoms with Gasteiger partial charge < -0.3 is 0 Å². The Morgan fingerprint density at radius 2 is 1.79 bits per heavy atom. The Hall–Kier alpha value is -0.631. The number of amidine groups is 1.